The lowest BCUT2D eigenvalue weighted by Crippen LogP contribution is -2.43. The van der Waals surface area contributed by atoms with Crippen LogP contribution in [0.15, 0.2) is 60.7 Å². The number of esters is 1. The Hall–Kier alpha value is -2.59. The van der Waals surface area contributed by atoms with Crippen LogP contribution in [-0.4, -0.2) is 24.5 Å². The zero-order valence-electron chi connectivity index (χ0n) is 17.5. The first-order chi connectivity index (χ1) is 13.5. The van der Waals surface area contributed by atoms with E-state index in [-0.39, 0.29) is 11.5 Å². The third-order valence-electron chi connectivity index (χ3n) is 5.35. The summed E-state index contributed by atoms with van der Waals surface area (Å²) in [6.07, 6.45) is 0. The summed E-state index contributed by atoms with van der Waals surface area (Å²) in [5.74, 6) is -1.24. The molecule has 0 unspecified atom stereocenters. The monoisotopic (exact) mass is 411 g/mol. The lowest BCUT2D eigenvalue weighted by Gasteiger charge is -2.35. The van der Waals surface area contributed by atoms with Crippen LogP contribution >= 0.6 is 11.6 Å². The van der Waals surface area contributed by atoms with Crippen LogP contribution in [-0.2, 0) is 19.7 Å². The topological polar surface area (TPSA) is 46.6 Å². The Morgan fingerprint density at radius 3 is 2.38 bits per heavy atom. The Kier molecular flexibility index (Phi) is 5.35. The van der Waals surface area contributed by atoms with Gasteiger partial charge in [-0.25, -0.2) is 4.79 Å². The SMILES string of the molecule is C=C(C(=O)OC(C)(C)C)[C@H](c1ccccc1)[C@@]1(C)C(=O)N(C)c2ccc(Cl)cc21. The molecule has 2 aromatic rings. The second-order valence-electron chi connectivity index (χ2n) is 8.60. The molecule has 1 heterocycles. The normalized spacial score (nSPS) is 19.7. The van der Waals surface area contributed by atoms with E-state index in [1.807, 2.05) is 43.3 Å². The van der Waals surface area contributed by atoms with Crippen LogP contribution in [0.25, 0.3) is 0 Å². The fourth-order valence-corrected chi connectivity index (χ4v) is 4.23. The number of nitrogens with zero attached hydrogens (tertiary/aromatic N) is 1. The molecular weight excluding hydrogens is 386 g/mol. The predicted molar refractivity (Wildman–Crippen MR) is 116 cm³/mol. The van der Waals surface area contributed by atoms with Gasteiger partial charge in [0.25, 0.3) is 0 Å². The zero-order chi connectivity index (χ0) is 21.6. The maximum atomic E-state index is 13.5. The van der Waals surface area contributed by atoms with Gasteiger partial charge in [-0.05, 0) is 57.0 Å². The van der Waals surface area contributed by atoms with Crippen molar-refractivity contribution in [2.45, 2.75) is 44.6 Å². The number of amides is 1. The van der Waals surface area contributed by atoms with Gasteiger partial charge in [-0.15, -0.1) is 0 Å². The number of fused-ring (bicyclic) bond motifs is 1. The summed E-state index contributed by atoms with van der Waals surface area (Å²) in [4.78, 5) is 28.1. The van der Waals surface area contributed by atoms with Gasteiger partial charge in [-0.3, -0.25) is 4.79 Å². The number of benzene rings is 2. The van der Waals surface area contributed by atoms with Crippen LogP contribution in [0.1, 0.15) is 44.7 Å². The van der Waals surface area contributed by atoms with E-state index in [0.29, 0.717) is 5.02 Å². The van der Waals surface area contributed by atoms with E-state index in [9.17, 15) is 9.59 Å². The highest BCUT2D eigenvalue weighted by Crippen LogP contribution is 2.52. The number of rotatable bonds is 4. The number of halogens is 1. The third-order valence-corrected chi connectivity index (χ3v) is 5.58. The van der Waals surface area contributed by atoms with Gasteiger partial charge in [0.2, 0.25) is 5.91 Å². The van der Waals surface area contributed by atoms with Crippen molar-refractivity contribution in [3.63, 3.8) is 0 Å². The maximum absolute atomic E-state index is 13.5. The van der Waals surface area contributed by atoms with Crippen molar-refractivity contribution in [3.05, 3.63) is 76.8 Å². The molecule has 0 N–H and O–H groups in total. The molecular formula is C24H26ClNO3. The average molecular weight is 412 g/mol. The molecule has 0 bridgehead atoms. The average Bonchev–Trinajstić information content (AvgIpc) is 2.83. The van der Waals surface area contributed by atoms with Gasteiger partial charge in [0, 0.05) is 29.2 Å². The summed E-state index contributed by atoms with van der Waals surface area (Å²) in [6, 6.07) is 14.9. The molecule has 3 rings (SSSR count). The molecule has 2 atom stereocenters. The first-order valence-corrected chi connectivity index (χ1v) is 9.90. The number of carbonyl (C=O) groups excluding carboxylic acids is 2. The first kappa shape index (κ1) is 21.1. The summed E-state index contributed by atoms with van der Waals surface area (Å²) >= 11 is 6.28. The Morgan fingerprint density at radius 1 is 1.17 bits per heavy atom. The minimum absolute atomic E-state index is 0.117. The summed E-state index contributed by atoms with van der Waals surface area (Å²) in [5.41, 5.74) is 0.893. The van der Waals surface area contributed by atoms with E-state index in [1.165, 1.54) is 0 Å². The second kappa shape index (κ2) is 7.34. The number of hydrogen-bond donors (Lipinski definition) is 0. The van der Waals surface area contributed by atoms with Crippen molar-refractivity contribution in [2.75, 3.05) is 11.9 Å². The largest absolute Gasteiger partial charge is 0.457 e. The van der Waals surface area contributed by atoms with Gasteiger partial charge >= 0.3 is 5.97 Å². The predicted octanol–water partition coefficient (Wildman–Crippen LogP) is 5.26. The van der Waals surface area contributed by atoms with Crippen molar-refractivity contribution < 1.29 is 14.3 Å². The van der Waals surface area contributed by atoms with E-state index < -0.39 is 22.9 Å². The van der Waals surface area contributed by atoms with Crippen LogP contribution in [0.3, 0.4) is 0 Å². The molecule has 1 amide bonds. The molecule has 1 aliphatic heterocycles. The van der Waals surface area contributed by atoms with Crippen molar-refractivity contribution in [1.29, 1.82) is 0 Å². The number of likely N-dealkylation sites (N-methyl/N-ethyl adjacent to an activating group) is 1. The van der Waals surface area contributed by atoms with E-state index in [0.717, 1.165) is 16.8 Å². The van der Waals surface area contributed by atoms with Gasteiger partial charge in [0.05, 0.1) is 5.41 Å². The number of ether oxygens (including phenoxy) is 1. The second-order valence-corrected chi connectivity index (χ2v) is 9.04. The van der Waals surface area contributed by atoms with E-state index in [1.54, 1.807) is 44.9 Å². The third kappa shape index (κ3) is 3.69. The maximum Gasteiger partial charge on any atom is 0.334 e. The van der Waals surface area contributed by atoms with Gasteiger partial charge in [-0.1, -0.05) is 48.5 Å². The number of carbonyl (C=O) groups is 2. The molecule has 152 valence electrons. The van der Waals surface area contributed by atoms with Crippen molar-refractivity contribution in [1.82, 2.24) is 0 Å². The van der Waals surface area contributed by atoms with Crippen molar-refractivity contribution in [2.24, 2.45) is 0 Å². The van der Waals surface area contributed by atoms with Crippen molar-refractivity contribution in [3.8, 4) is 0 Å². The number of anilines is 1. The Bertz CT molecular complexity index is 977. The highest BCUT2D eigenvalue weighted by Gasteiger charge is 2.53. The molecule has 0 spiro atoms. The minimum atomic E-state index is -1.05. The van der Waals surface area contributed by atoms with Crippen molar-refractivity contribution >= 4 is 29.2 Å². The Morgan fingerprint density at radius 2 is 1.79 bits per heavy atom. The highest BCUT2D eigenvalue weighted by molar-refractivity contribution is 6.31. The minimum Gasteiger partial charge on any atom is -0.457 e. The fourth-order valence-electron chi connectivity index (χ4n) is 4.06. The van der Waals surface area contributed by atoms with Crippen LogP contribution in [0.5, 0.6) is 0 Å². The molecule has 5 heteroatoms. The summed E-state index contributed by atoms with van der Waals surface area (Å²) in [5, 5.41) is 0.535. The molecule has 0 saturated carbocycles. The zero-order valence-corrected chi connectivity index (χ0v) is 18.2. The van der Waals surface area contributed by atoms with Crippen LogP contribution in [0.2, 0.25) is 5.02 Å². The van der Waals surface area contributed by atoms with Crippen LogP contribution in [0, 0.1) is 0 Å². The molecule has 0 radical (unpaired) electrons. The van der Waals surface area contributed by atoms with Gasteiger partial charge in [0.15, 0.2) is 0 Å². The molecule has 2 aromatic carbocycles. The van der Waals surface area contributed by atoms with Gasteiger partial charge in [-0.2, -0.15) is 0 Å². The molecule has 1 aliphatic rings. The van der Waals surface area contributed by atoms with E-state index in [2.05, 4.69) is 6.58 Å². The highest BCUT2D eigenvalue weighted by atomic mass is 35.5. The van der Waals surface area contributed by atoms with Crippen LogP contribution in [0.4, 0.5) is 5.69 Å². The van der Waals surface area contributed by atoms with E-state index in [4.69, 9.17) is 16.3 Å². The summed E-state index contributed by atoms with van der Waals surface area (Å²) in [7, 11) is 1.73. The molecule has 0 aromatic heterocycles. The number of hydrogen-bond acceptors (Lipinski definition) is 3. The smallest absolute Gasteiger partial charge is 0.334 e. The Balaban J connectivity index is 2.20. The molecule has 29 heavy (non-hydrogen) atoms. The summed E-state index contributed by atoms with van der Waals surface area (Å²) < 4.78 is 5.59. The molecule has 0 fully saturated rings. The standard InChI is InChI=1S/C24H26ClNO3/c1-15(21(27)29-23(2,3)4)20(16-10-8-7-9-11-16)24(5)18-14-17(25)12-13-19(18)26(6)22(24)28/h7-14,20H,1H2,2-6H3/t20-,24+/m1/s1. The molecule has 0 aliphatic carbocycles. The lowest BCUT2D eigenvalue weighted by molar-refractivity contribution is -0.150. The fraction of sp³-hybridized carbons (Fsp3) is 0.333. The molecule has 0 saturated heterocycles. The van der Waals surface area contributed by atoms with Crippen LogP contribution < -0.4 is 4.90 Å². The molecule has 4 nitrogen and oxygen atoms in total. The van der Waals surface area contributed by atoms with E-state index >= 15 is 0 Å². The quantitative estimate of drug-likeness (QED) is 0.509. The summed E-state index contributed by atoms with van der Waals surface area (Å²) in [6.45, 7) is 11.3. The van der Waals surface area contributed by atoms with Gasteiger partial charge < -0.3 is 9.64 Å². The lowest BCUT2D eigenvalue weighted by atomic mass is 9.66. The first-order valence-electron chi connectivity index (χ1n) is 9.52. The Labute approximate surface area is 177 Å². The van der Waals surface area contributed by atoms with Gasteiger partial charge in [0.1, 0.15) is 5.60 Å².